The third kappa shape index (κ3) is 3.89. The normalized spacial score (nSPS) is 10.2. The molecule has 0 spiro atoms. The SMILES string of the molecule is COCCc1ccc(Oc2ccc(C=O)cn2)cc1. The minimum absolute atomic E-state index is 0.468. The van der Waals surface area contributed by atoms with Crippen LogP contribution >= 0.6 is 0 Å². The zero-order valence-corrected chi connectivity index (χ0v) is 10.7. The van der Waals surface area contributed by atoms with Crippen molar-refractivity contribution in [3.8, 4) is 11.6 Å². The van der Waals surface area contributed by atoms with Crippen LogP contribution in [0.3, 0.4) is 0 Å². The van der Waals surface area contributed by atoms with Gasteiger partial charge in [-0.05, 0) is 30.2 Å². The van der Waals surface area contributed by atoms with E-state index in [1.807, 2.05) is 24.3 Å². The van der Waals surface area contributed by atoms with Crippen LogP contribution in [0.5, 0.6) is 11.6 Å². The fourth-order valence-electron chi connectivity index (χ4n) is 1.59. The molecule has 1 aromatic carbocycles. The van der Waals surface area contributed by atoms with Crippen LogP contribution < -0.4 is 4.74 Å². The number of carbonyl (C=O) groups excluding carboxylic acids is 1. The van der Waals surface area contributed by atoms with E-state index in [0.29, 0.717) is 23.8 Å². The molecule has 0 N–H and O–H groups in total. The maximum Gasteiger partial charge on any atom is 0.219 e. The molecule has 4 heteroatoms. The smallest absolute Gasteiger partial charge is 0.219 e. The lowest BCUT2D eigenvalue weighted by Crippen LogP contribution is -1.94. The summed E-state index contributed by atoms with van der Waals surface area (Å²) in [5.41, 5.74) is 1.72. The fraction of sp³-hybridized carbons (Fsp3) is 0.200. The van der Waals surface area contributed by atoms with Crippen LogP contribution in [-0.2, 0) is 11.2 Å². The van der Waals surface area contributed by atoms with Gasteiger partial charge in [0.1, 0.15) is 5.75 Å². The van der Waals surface area contributed by atoms with Crippen LogP contribution in [0, 0.1) is 0 Å². The Hall–Kier alpha value is -2.20. The molecule has 0 saturated carbocycles. The van der Waals surface area contributed by atoms with Crippen LogP contribution in [0.4, 0.5) is 0 Å². The van der Waals surface area contributed by atoms with Crippen LogP contribution in [0.2, 0.25) is 0 Å². The van der Waals surface area contributed by atoms with Gasteiger partial charge in [-0.2, -0.15) is 0 Å². The van der Waals surface area contributed by atoms with Crippen molar-refractivity contribution in [3.05, 3.63) is 53.7 Å². The predicted octanol–water partition coefficient (Wildman–Crippen LogP) is 2.88. The van der Waals surface area contributed by atoms with E-state index < -0.39 is 0 Å². The van der Waals surface area contributed by atoms with Crippen LogP contribution in [0.1, 0.15) is 15.9 Å². The van der Waals surface area contributed by atoms with Gasteiger partial charge in [0.15, 0.2) is 6.29 Å². The summed E-state index contributed by atoms with van der Waals surface area (Å²) in [6.45, 7) is 0.703. The van der Waals surface area contributed by atoms with Crippen LogP contribution in [0.25, 0.3) is 0 Å². The van der Waals surface area contributed by atoms with Gasteiger partial charge in [-0.3, -0.25) is 4.79 Å². The van der Waals surface area contributed by atoms with Crippen molar-refractivity contribution in [1.29, 1.82) is 0 Å². The number of pyridine rings is 1. The first kappa shape index (κ1) is 13.2. The molecule has 0 aliphatic carbocycles. The van der Waals surface area contributed by atoms with Gasteiger partial charge in [0.05, 0.1) is 6.61 Å². The molecule has 0 aliphatic rings. The Labute approximate surface area is 112 Å². The molecular weight excluding hydrogens is 242 g/mol. The summed E-state index contributed by atoms with van der Waals surface area (Å²) >= 11 is 0. The summed E-state index contributed by atoms with van der Waals surface area (Å²) in [5, 5.41) is 0. The van der Waals surface area contributed by atoms with E-state index in [1.54, 1.807) is 19.2 Å². The lowest BCUT2D eigenvalue weighted by atomic mass is 10.1. The maximum atomic E-state index is 10.5. The van der Waals surface area contributed by atoms with Gasteiger partial charge in [0, 0.05) is 24.9 Å². The number of benzene rings is 1. The second-order valence-electron chi connectivity index (χ2n) is 4.04. The van der Waals surface area contributed by atoms with Crippen molar-refractivity contribution < 1.29 is 14.3 Å². The number of rotatable bonds is 6. The number of ether oxygens (including phenoxy) is 2. The number of aldehydes is 1. The van der Waals surface area contributed by atoms with Crippen LogP contribution in [0.15, 0.2) is 42.6 Å². The Kier molecular flexibility index (Phi) is 4.64. The van der Waals surface area contributed by atoms with Gasteiger partial charge in [0.2, 0.25) is 5.88 Å². The van der Waals surface area contributed by atoms with Crippen molar-refractivity contribution in [2.24, 2.45) is 0 Å². The average Bonchev–Trinajstić information content (AvgIpc) is 2.47. The molecule has 1 aromatic heterocycles. The fourth-order valence-corrected chi connectivity index (χ4v) is 1.59. The van der Waals surface area contributed by atoms with Crippen molar-refractivity contribution in [2.45, 2.75) is 6.42 Å². The molecule has 0 fully saturated rings. The summed E-state index contributed by atoms with van der Waals surface area (Å²) in [7, 11) is 1.69. The van der Waals surface area contributed by atoms with E-state index in [4.69, 9.17) is 9.47 Å². The summed E-state index contributed by atoms with van der Waals surface area (Å²) in [6, 6.07) is 11.1. The molecule has 0 atom stereocenters. The molecule has 0 saturated heterocycles. The number of hydrogen-bond acceptors (Lipinski definition) is 4. The third-order valence-electron chi connectivity index (χ3n) is 2.64. The Morgan fingerprint density at radius 2 is 1.95 bits per heavy atom. The number of aromatic nitrogens is 1. The Morgan fingerprint density at radius 3 is 2.53 bits per heavy atom. The number of carbonyl (C=O) groups is 1. The first-order valence-corrected chi connectivity index (χ1v) is 5.99. The van der Waals surface area contributed by atoms with E-state index in [-0.39, 0.29) is 0 Å². The predicted molar refractivity (Wildman–Crippen MR) is 71.7 cm³/mol. The molecule has 0 amide bonds. The highest BCUT2D eigenvalue weighted by molar-refractivity contribution is 5.74. The largest absolute Gasteiger partial charge is 0.439 e. The van der Waals surface area contributed by atoms with Crippen molar-refractivity contribution in [2.75, 3.05) is 13.7 Å². The van der Waals surface area contributed by atoms with Gasteiger partial charge in [-0.25, -0.2) is 4.98 Å². The average molecular weight is 257 g/mol. The highest BCUT2D eigenvalue weighted by Crippen LogP contribution is 2.19. The lowest BCUT2D eigenvalue weighted by molar-refractivity contribution is 0.112. The molecule has 1 heterocycles. The second-order valence-corrected chi connectivity index (χ2v) is 4.04. The standard InChI is InChI=1S/C15H15NO3/c1-18-9-8-12-2-5-14(6-3-12)19-15-7-4-13(11-17)10-16-15/h2-7,10-11H,8-9H2,1H3. The van der Waals surface area contributed by atoms with Gasteiger partial charge in [-0.1, -0.05) is 12.1 Å². The van der Waals surface area contributed by atoms with Gasteiger partial charge < -0.3 is 9.47 Å². The zero-order chi connectivity index (χ0) is 13.5. The van der Waals surface area contributed by atoms with Gasteiger partial charge in [-0.15, -0.1) is 0 Å². The van der Waals surface area contributed by atoms with E-state index >= 15 is 0 Å². The molecule has 0 unspecified atom stereocenters. The quantitative estimate of drug-likeness (QED) is 0.746. The zero-order valence-electron chi connectivity index (χ0n) is 10.7. The summed E-state index contributed by atoms with van der Waals surface area (Å²) in [4.78, 5) is 14.6. The Morgan fingerprint density at radius 1 is 1.16 bits per heavy atom. The Balaban J connectivity index is 1.99. The summed E-state index contributed by atoms with van der Waals surface area (Å²) in [6.07, 6.45) is 3.11. The molecule has 4 nitrogen and oxygen atoms in total. The molecule has 0 aliphatic heterocycles. The van der Waals surface area contributed by atoms with Crippen molar-refractivity contribution in [1.82, 2.24) is 4.98 Å². The molecule has 98 valence electrons. The molecular formula is C15H15NO3. The van der Waals surface area contributed by atoms with E-state index in [0.717, 1.165) is 12.7 Å². The molecule has 2 aromatic rings. The van der Waals surface area contributed by atoms with Crippen LogP contribution in [-0.4, -0.2) is 25.0 Å². The van der Waals surface area contributed by atoms with Crippen molar-refractivity contribution >= 4 is 6.29 Å². The molecule has 2 rings (SSSR count). The number of hydrogen-bond donors (Lipinski definition) is 0. The van der Waals surface area contributed by atoms with E-state index in [1.165, 1.54) is 11.8 Å². The highest BCUT2D eigenvalue weighted by Gasteiger charge is 2.00. The van der Waals surface area contributed by atoms with Gasteiger partial charge >= 0.3 is 0 Å². The number of methoxy groups -OCH3 is 1. The number of nitrogens with zero attached hydrogens (tertiary/aromatic N) is 1. The minimum atomic E-state index is 0.468. The van der Waals surface area contributed by atoms with E-state index in [2.05, 4.69) is 4.98 Å². The second kappa shape index (κ2) is 6.66. The highest BCUT2D eigenvalue weighted by atomic mass is 16.5. The molecule has 0 radical (unpaired) electrons. The monoisotopic (exact) mass is 257 g/mol. The summed E-state index contributed by atoms with van der Waals surface area (Å²) in [5.74, 6) is 1.18. The first-order chi connectivity index (χ1) is 9.31. The lowest BCUT2D eigenvalue weighted by Gasteiger charge is -2.06. The molecule has 0 bridgehead atoms. The van der Waals surface area contributed by atoms with Gasteiger partial charge in [0.25, 0.3) is 0 Å². The molecule has 19 heavy (non-hydrogen) atoms. The van der Waals surface area contributed by atoms with Crippen molar-refractivity contribution in [3.63, 3.8) is 0 Å². The van der Waals surface area contributed by atoms with E-state index in [9.17, 15) is 4.79 Å². The first-order valence-electron chi connectivity index (χ1n) is 5.99. The summed E-state index contributed by atoms with van der Waals surface area (Å²) < 4.78 is 10.6. The maximum absolute atomic E-state index is 10.5. The third-order valence-corrected chi connectivity index (χ3v) is 2.64. The topological polar surface area (TPSA) is 48.4 Å². The Bertz CT molecular complexity index is 520. The minimum Gasteiger partial charge on any atom is -0.439 e.